The standard InChI is InChI=1S/C14H30N2O/c1-3-9-16(11-13-6-7-13)10-5-8-14(15,4-2)12-17/h13,17H,3-12,15H2,1-2H3. The van der Waals surface area contributed by atoms with Crippen LogP contribution < -0.4 is 5.73 Å². The van der Waals surface area contributed by atoms with Gasteiger partial charge in [-0.1, -0.05) is 13.8 Å². The number of aliphatic hydroxyl groups is 1. The molecule has 0 aromatic heterocycles. The Morgan fingerprint density at radius 1 is 1.29 bits per heavy atom. The largest absolute Gasteiger partial charge is 0.394 e. The molecule has 1 atom stereocenters. The van der Waals surface area contributed by atoms with Crippen molar-refractivity contribution in [1.29, 1.82) is 0 Å². The molecule has 0 spiro atoms. The second-order valence-electron chi connectivity index (χ2n) is 5.72. The van der Waals surface area contributed by atoms with Crippen LogP contribution in [0.1, 0.15) is 52.4 Å². The fourth-order valence-electron chi connectivity index (χ4n) is 2.30. The van der Waals surface area contributed by atoms with Gasteiger partial charge >= 0.3 is 0 Å². The first-order valence-electron chi connectivity index (χ1n) is 7.25. The lowest BCUT2D eigenvalue weighted by Crippen LogP contribution is -2.43. The SMILES string of the molecule is CCCN(CCCC(N)(CC)CO)CC1CC1. The monoisotopic (exact) mass is 242 g/mol. The van der Waals surface area contributed by atoms with Gasteiger partial charge in [0.05, 0.1) is 6.61 Å². The molecule has 1 aliphatic carbocycles. The quantitative estimate of drug-likeness (QED) is 0.616. The summed E-state index contributed by atoms with van der Waals surface area (Å²) in [5, 5.41) is 9.27. The Morgan fingerprint density at radius 3 is 2.47 bits per heavy atom. The van der Waals surface area contributed by atoms with Crippen LogP contribution >= 0.6 is 0 Å². The van der Waals surface area contributed by atoms with E-state index < -0.39 is 0 Å². The summed E-state index contributed by atoms with van der Waals surface area (Å²) in [7, 11) is 0. The van der Waals surface area contributed by atoms with Crippen LogP contribution in [0.5, 0.6) is 0 Å². The maximum absolute atomic E-state index is 9.27. The van der Waals surface area contributed by atoms with Crippen molar-refractivity contribution >= 4 is 0 Å². The first-order valence-corrected chi connectivity index (χ1v) is 7.25. The number of aliphatic hydroxyl groups excluding tert-OH is 1. The van der Waals surface area contributed by atoms with E-state index in [9.17, 15) is 5.11 Å². The van der Waals surface area contributed by atoms with Crippen molar-refractivity contribution in [1.82, 2.24) is 4.90 Å². The van der Waals surface area contributed by atoms with Crippen LogP contribution in [0.4, 0.5) is 0 Å². The summed E-state index contributed by atoms with van der Waals surface area (Å²) in [6.07, 6.45) is 6.98. The summed E-state index contributed by atoms with van der Waals surface area (Å²) in [4.78, 5) is 2.57. The van der Waals surface area contributed by atoms with Gasteiger partial charge in [0.2, 0.25) is 0 Å². The Kier molecular flexibility index (Phi) is 6.45. The molecule has 102 valence electrons. The summed E-state index contributed by atoms with van der Waals surface area (Å²) < 4.78 is 0. The molecule has 0 radical (unpaired) electrons. The van der Waals surface area contributed by atoms with Crippen molar-refractivity contribution < 1.29 is 5.11 Å². The van der Waals surface area contributed by atoms with Gasteiger partial charge in [0.15, 0.2) is 0 Å². The smallest absolute Gasteiger partial charge is 0.0611 e. The minimum Gasteiger partial charge on any atom is -0.394 e. The van der Waals surface area contributed by atoms with E-state index in [4.69, 9.17) is 5.73 Å². The number of nitrogens with two attached hydrogens (primary N) is 1. The molecule has 17 heavy (non-hydrogen) atoms. The average molecular weight is 242 g/mol. The molecule has 1 rings (SSSR count). The molecular formula is C14H30N2O. The molecule has 0 aromatic carbocycles. The third-order valence-electron chi connectivity index (χ3n) is 3.92. The zero-order valence-corrected chi connectivity index (χ0v) is 11.6. The van der Waals surface area contributed by atoms with Gasteiger partial charge in [0.25, 0.3) is 0 Å². The van der Waals surface area contributed by atoms with Crippen molar-refractivity contribution in [3.05, 3.63) is 0 Å². The summed E-state index contributed by atoms with van der Waals surface area (Å²) >= 11 is 0. The van der Waals surface area contributed by atoms with Crippen molar-refractivity contribution in [2.45, 2.75) is 57.9 Å². The molecule has 1 aliphatic rings. The van der Waals surface area contributed by atoms with Gasteiger partial charge in [-0.15, -0.1) is 0 Å². The second kappa shape index (κ2) is 7.34. The van der Waals surface area contributed by atoms with Crippen molar-refractivity contribution in [3.63, 3.8) is 0 Å². The Bertz CT molecular complexity index is 200. The maximum Gasteiger partial charge on any atom is 0.0611 e. The third kappa shape index (κ3) is 5.84. The van der Waals surface area contributed by atoms with E-state index in [1.54, 1.807) is 0 Å². The van der Waals surface area contributed by atoms with Gasteiger partial charge in [-0.2, -0.15) is 0 Å². The fraction of sp³-hybridized carbons (Fsp3) is 1.00. The Hall–Kier alpha value is -0.120. The van der Waals surface area contributed by atoms with Gasteiger partial charge in [-0.05, 0) is 57.5 Å². The molecule has 3 N–H and O–H groups in total. The van der Waals surface area contributed by atoms with Gasteiger partial charge in [0.1, 0.15) is 0 Å². The van der Waals surface area contributed by atoms with Crippen LogP contribution in [0.15, 0.2) is 0 Å². The highest BCUT2D eigenvalue weighted by atomic mass is 16.3. The highest BCUT2D eigenvalue weighted by Gasteiger charge is 2.25. The number of hydrogen-bond acceptors (Lipinski definition) is 3. The molecule has 1 unspecified atom stereocenters. The lowest BCUT2D eigenvalue weighted by atomic mass is 9.92. The molecule has 1 fully saturated rings. The number of rotatable bonds is 10. The Labute approximate surface area is 106 Å². The summed E-state index contributed by atoms with van der Waals surface area (Å²) in [6, 6.07) is 0. The molecule has 0 saturated heterocycles. The molecule has 3 nitrogen and oxygen atoms in total. The van der Waals surface area contributed by atoms with Crippen LogP contribution in [-0.2, 0) is 0 Å². The van der Waals surface area contributed by atoms with Crippen LogP contribution in [0.25, 0.3) is 0 Å². The third-order valence-corrected chi connectivity index (χ3v) is 3.92. The topological polar surface area (TPSA) is 49.5 Å². The fourth-order valence-corrected chi connectivity index (χ4v) is 2.30. The highest BCUT2D eigenvalue weighted by molar-refractivity contribution is 4.82. The number of nitrogens with zero attached hydrogens (tertiary/aromatic N) is 1. The van der Waals surface area contributed by atoms with E-state index in [2.05, 4.69) is 18.7 Å². The molecule has 0 aromatic rings. The van der Waals surface area contributed by atoms with Gasteiger partial charge in [0, 0.05) is 12.1 Å². The molecule has 3 heteroatoms. The average Bonchev–Trinajstić information content (AvgIpc) is 3.13. The molecule has 1 saturated carbocycles. The van der Waals surface area contributed by atoms with E-state index in [0.29, 0.717) is 0 Å². The van der Waals surface area contributed by atoms with Gasteiger partial charge < -0.3 is 15.7 Å². The minimum atomic E-state index is -0.350. The van der Waals surface area contributed by atoms with Crippen molar-refractivity contribution in [2.24, 2.45) is 11.7 Å². The van der Waals surface area contributed by atoms with Crippen molar-refractivity contribution in [3.8, 4) is 0 Å². The lowest BCUT2D eigenvalue weighted by molar-refractivity contribution is 0.170. The van der Waals surface area contributed by atoms with Gasteiger partial charge in [-0.25, -0.2) is 0 Å². The lowest BCUT2D eigenvalue weighted by Gasteiger charge is -2.28. The van der Waals surface area contributed by atoms with Crippen LogP contribution in [0.2, 0.25) is 0 Å². The summed E-state index contributed by atoms with van der Waals surface area (Å²) in [5.41, 5.74) is 5.75. The minimum absolute atomic E-state index is 0.111. The van der Waals surface area contributed by atoms with E-state index in [1.165, 1.54) is 32.4 Å². The zero-order valence-electron chi connectivity index (χ0n) is 11.6. The van der Waals surface area contributed by atoms with Crippen LogP contribution in [0, 0.1) is 5.92 Å². The first kappa shape index (κ1) is 14.9. The van der Waals surface area contributed by atoms with E-state index in [-0.39, 0.29) is 12.1 Å². The predicted octanol–water partition coefficient (Wildman–Crippen LogP) is 1.99. The number of hydrogen-bond donors (Lipinski definition) is 2. The molecule has 0 aliphatic heterocycles. The maximum atomic E-state index is 9.27. The van der Waals surface area contributed by atoms with E-state index in [0.717, 1.165) is 31.7 Å². The highest BCUT2D eigenvalue weighted by Crippen LogP contribution is 2.29. The Morgan fingerprint density at radius 2 is 2.00 bits per heavy atom. The van der Waals surface area contributed by atoms with E-state index >= 15 is 0 Å². The molecule has 0 bridgehead atoms. The van der Waals surface area contributed by atoms with Crippen molar-refractivity contribution in [2.75, 3.05) is 26.2 Å². The zero-order chi connectivity index (χ0) is 12.7. The summed E-state index contributed by atoms with van der Waals surface area (Å²) in [5.74, 6) is 0.966. The first-order chi connectivity index (χ1) is 8.13. The van der Waals surface area contributed by atoms with E-state index in [1.807, 2.05) is 0 Å². The summed E-state index contributed by atoms with van der Waals surface area (Å²) in [6.45, 7) is 8.04. The molecular weight excluding hydrogens is 212 g/mol. The van der Waals surface area contributed by atoms with Crippen LogP contribution in [-0.4, -0.2) is 41.8 Å². The molecule has 0 amide bonds. The van der Waals surface area contributed by atoms with Crippen LogP contribution in [0.3, 0.4) is 0 Å². The predicted molar refractivity (Wildman–Crippen MR) is 73.0 cm³/mol. The Balaban J connectivity index is 2.20. The molecule has 0 heterocycles. The normalized spacial score (nSPS) is 19.6. The second-order valence-corrected chi connectivity index (χ2v) is 5.72. The van der Waals surface area contributed by atoms with Gasteiger partial charge in [-0.3, -0.25) is 0 Å².